The van der Waals surface area contributed by atoms with Crippen molar-refractivity contribution in [2.45, 2.75) is 19.6 Å². The van der Waals surface area contributed by atoms with Crippen molar-refractivity contribution in [2.24, 2.45) is 5.10 Å². The van der Waals surface area contributed by atoms with Crippen LogP contribution in [0.4, 0.5) is 0 Å². The molecule has 0 unspecified atom stereocenters. The van der Waals surface area contributed by atoms with E-state index in [0.717, 1.165) is 11.1 Å². The summed E-state index contributed by atoms with van der Waals surface area (Å²) < 4.78 is 17.1. The maximum Gasteiger partial charge on any atom is 0.280 e. The molecule has 0 aliphatic carbocycles. The van der Waals surface area contributed by atoms with Crippen molar-refractivity contribution in [3.05, 3.63) is 112 Å². The van der Waals surface area contributed by atoms with Gasteiger partial charge in [0.2, 0.25) is 0 Å². The molecular formula is C30H26Cl2N2O4. The number of hydrazone groups is 1. The topological polar surface area (TPSA) is 69.2 Å². The Labute approximate surface area is 231 Å². The molecule has 38 heavy (non-hydrogen) atoms. The molecule has 0 radical (unpaired) electrons. The van der Waals surface area contributed by atoms with Crippen molar-refractivity contribution in [3.8, 4) is 28.4 Å². The number of methoxy groups -OCH3 is 1. The number of carbonyl (C=O) groups excluding carboxylic acids is 1. The molecule has 4 rings (SSSR count). The van der Waals surface area contributed by atoms with Gasteiger partial charge in [-0.15, -0.1) is 0 Å². The molecule has 194 valence electrons. The van der Waals surface area contributed by atoms with Crippen LogP contribution in [-0.2, 0) is 11.4 Å². The zero-order chi connectivity index (χ0) is 26.9. The monoisotopic (exact) mass is 548 g/mol. The van der Waals surface area contributed by atoms with Crippen molar-refractivity contribution in [2.75, 3.05) is 7.11 Å². The van der Waals surface area contributed by atoms with Crippen LogP contribution in [0.1, 0.15) is 18.1 Å². The molecule has 0 aliphatic rings. The molecule has 1 N–H and O–H groups in total. The summed E-state index contributed by atoms with van der Waals surface area (Å²) in [5.41, 5.74) is 6.08. The predicted molar refractivity (Wildman–Crippen MR) is 151 cm³/mol. The molecule has 0 heterocycles. The minimum Gasteiger partial charge on any atom is -0.493 e. The summed E-state index contributed by atoms with van der Waals surface area (Å²) in [5, 5.41) is 5.10. The number of nitrogens with zero attached hydrogens (tertiary/aromatic N) is 1. The normalized spacial score (nSPS) is 11.7. The minimum atomic E-state index is -0.739. The second-order valence-corrected chi connectivity index (χ2v) is 9.10. The standard InChI is InChI=1S/C30H26Cl2N2O4/c1-20(38-24-14-12-23(13-15-24)22-7-4-3-5-8-22)30(35)34-33-18-21-11-16-28(29(17-21)36-2)37-19-25-26(31)9-6-10-27(25)32/h3-18,20H,19H2,1-2H3,(H,34,35)/b33-18-/t20-/m0/s1. The summed E-state index contributed by atoms with van der Waals surface area (Å²) in [4.78, 5) is 12.5. The second kappa shape index (κ2) is 13.0. The average molecular weight is 549 g/mol. The van der Waals surface area contributed by atoms with Crippen LogP contribution in [0.15, 0.2) is 96.1 Å². The van der Waals surface area contributed by atoms with Crippen LogP contribution in [0.25, 0.3) is 11.1 Å². The maximum absolute atomic E-state index is 12.5. The summed E-state index contributed by atoms with van der Waals surface area (Å²) in [6.07, 6.45) is 0.771. The highest BCUT2D eigenvalue weighted by molar-refractivity contribution is 6.35. The van der Waals surface area contributed by atoms with Crippen LogP contribution in [0, 0.1) is 0 Å². The highest BCUT2D eigenvalue weighted by atomic mass is 35.5. The summed E-state index contributed by atoms with van der Waals surface area (Å²) in [6.45, 7) is 1.85. The molecule has 4 aromatic rings. The smallest absolute Gasteiger partial charge is 0.280 e. The van der Waals surface area contributed by atoms with Gasteiger partial charge in [-0.05, 0) is 66.1 Å². The molecule has 1 atom stereocenters. The van der Waals surface area contributed by atoms with Gasteiger partial charge in [-0.2, -0.15) is 5.10 Å². The molecule has 0 aliphatic heterocycles. The summed E-state index contributed by atoms with van der Waals surface area (Å²) in [5.74, 6) is 1.23. The number of rotatable bonds is 10. The number of nitrogens with one attached hydrogen (secondary N) is 1. The van der Waals surface area contributed by atoms with Gasteiger partial charge in [-0.25, -0.2) is 5.43 Å². The van der Waals surface area contributed by atoms with E-state index < -0.39 is 6.10 Å². The van der Waals surface area contributed by atoms with E-state index >= 15 is 0 Å². The average Bonchev–Trinajstić information content (AvgIpc) is 2.94. The van der Waals surface area contributed by atoms with Crippen molar-refractivity contribution in [1.82, 2.24) is 5.43 Å². The van der Waals surface area contributed by atoms with Crippen molar-refractivity contribution in [1.29, 1.82) is 0 Å². The van der Waals surface area contributed by atoms with Crippen LogP contribution in [-0.4, -0.2) is 25.3 Å². The van der Waals surface area contributed by atoms with E-state index in [-0.39, 0.29) is 12.5 Å². The molecule has 0 aromatic heterocycles. The minimum absolute atomic E-state index is 0.186. The van der Waals surface area contributed by atoms with E-state index in [1.54, 1.807) is 50.4 Å². The lowest BCUT2D eigenvalue weighted by Crippen LogP contribution is -2.33. The SMILES string of the molecule is COc1cc(/C=N\NC(=O)[C@H](C)Oc2ccc(-c3ccccc3)cc2)ccc1OCc1c(Cl)cccc1Cl. The van der Waals surface area contributed by atoms with Gasteiger partial charge in [0.1, 0.15) is 12.4 Å². The van der Waals surface area contributed by atoms with E-state index in [4.69, 9.17) is 37.4 Å². The summed E-state index contributed by atoms with van der Waals surface area (Å²) >= 11 is 12.4. The van der Waals surface area contributed by atoms with Crippen LogP contribution in [0.3, 0.4) is 0 Å². The number of carbonyl (C=O) groups is 1. The summed E-state index contributed by atoms with van der Waals surface area (Å²) in [7, 11) is 1.54. The first-order valence-electron chi connectivity index (χ1n) is 11.8. The van der Waals surface area contributed by atoms with Gasteiger partial charge in [0, 0.05) is 15.6 Å². The van der Waals surface area contributed by atoms with Gasteiger partial charge in [0.25, 0.3) is 5.91 Å². The Hall–Kier alpha value is -4.00. The van der Waals surface area contributed by atoms with Crippen molar-refractivity contribution in [3.63, 3.8) is 0 Å². The second-order valence-electron chi connectivity index (χ2n) is 8.28. The Morgan fingerprint density at radius 2 is 1.58 bits per heavy atom. The number of ether oxygens (including phenoxy) is 3. The van der Waals surface area contributed by atoms with E-state index in [0.29, 0.717) is 38.4 Å². The van der Waals surface area contributed by atoms with Crippen LogP contribution in [0.5, 0.6) is 17.2 Å². The first-order valence-corrected chi connectivity index (χ1v) is 12.6. The highest BCUT2D eigenvalue weighted by Crippen LogP contribution is 2.31. The fourth-order valence-corrected chi connectivity index (χ4v) is 4.09. The third-order valence-electron chi connectivity index (χ3n) is 5.65. The fourth-order valence-electron chi connectivity index (χ4n) is 3.58. The van der Waals surface area contributed by atoms with Gasteiger partial charge in [0.15, 0.2) is 17.6 Å². The quantitative estimate of drug-likeness (QED) is 0.168. The Morgan fingerprint density at radius 3 is 2.26 bits per heavy atom. The van der Waals surface area contributed by atoms with Crippen LogP contribution >= 0.6 is 23.2 Å². The van der Waals surface area contributed by atoms with Crippen molar-refractivity contribution < 1.29 is 19.0 Å². The van der Waals surface area contributed by atoms with Gasteiger partial charge < -0.3 is 14.2 Å². The van der Waals surface area contributed by atoms with E-state index in [1.165, 1.54) is 6.21 Å². The maximum atomic E-state index is 12.5. The third-order valence-corrected chi connectivity index (χ3v) is 6.36. The molecule has 4 aromatic carbocycles. The Morgan fingerprint density at radius 1 is 0.895 bits per heavy atom. The number of hydrogen-bond acceptors (Lipinski definition) is 5. The van der Waals surface area contributed by atoms with Gasteiger partial charge in [-0.1, -0.05) is 71.7 Å². The fraction of sp³-hybridized carbons (Fsp3) is 0.133. The van der Waals surface area contributed by atoms with E-state index in [2.05, 4.69) is 10.5 Å². The number of amides is 1. The Balaban J connectivity index is 1.31. The predicted octanol–water partition coefficient (Wildman–Crippen LogP) is 7.17. The molecule has 0 saturated carbocycles. The lowest BCUT2D eigenvalue weighted by molar-refractivity contribution is -0.127. The Bertz CT molecular complexity index is 1390. The van der Waals surface area contributed by atoms with E-state index in [1.807, 2.05) is 54.6 Å². The Kier molecular flexibility index (Phi) is 9.25. The molecular weight excluding hydrogens is 523 g/mol. The van der Waals surface area contributed by atoms with Crippen molar-refractivity contribution >= 4 is 35.3 Å². The molecule has 0 spiro atoms. The van der Waals surface area contributed by atoms with Gasteiger partial charge in [-0.3, -0.25) is 4.79 Å². The van der Waals surface area contributed by atoms with E-state index in [9.17, 15) is 4.79 Å². The number of benzene rings is 4. The zero-order valence-electron chi connectivity index (χ0n) is 20.9. The molecule has 0 bridgehead atoms. The lowest BCUT2D eigenvalue weighted by Gasteiger charge is -2.14. The van der Waals surface area contributed by atoms with Gasteiger partial charge in [0.05, 0.1) is 13.3 Å². The molecule has 0 saturated heterocycles. The number of hydrogen-bond donors (Lipinski definition) is 1. The van der Waals surface area contributed by atoms with Gasteiger partial charge >= 0.3 is 0 Å². The molecule has 1 amide bonds. The molecule has 0 fully saturated rings. The van der Waals surface area contributed by atoms with Crippen LogP contribution < -0.4 is 19.6 Å². The third kappa shape index (κ3) is 7.06. The first-order chi connectivity index (χ1) is 18.4. The summed E-state index contributed by atoms with van der Waals surface area (Å²) in [6, 6.07) is 28.2. The zero-order valence-corrected chi connectivity index (χ0v) is 22.4. The molecule has 6 nitrogen and oxygen atoms in total. The largest absolute Gasteiger partial charge is 0.493 e. The van der Waals surface area contributed by atoms with Crippen LogP contribution in [0.2, 0.25) is 10.0 Å². The molecule has 8 heteroatoms. The highest BCUT2D eigenvalue weighted by Gasteiger charge is 2.14. The first kappa shape index (κ1) is 27.0. The number of halogens is 2. The lowest BCUT2D eigenvalue weighted by atomic mass is 10.1.